The van der Waals surface area contributed by atoms with Crippen LogP contribution in [0, 0.1) is 12.8 Å². The molecule has 0 heterocycles. The number of nitrogens with two attached hydrogens (primary N) is 1. The number of amides is 1. The van der Waals surface area contributed by atoms with Crippen molar-refractivity contribution in [2.75, 3.05) is 14.2 Å². The quantitative estimate of drug-likeness (QED) is 0.916. The van der Waals surface area contributed by atoms with Crippen LogP contribution < -0.4 is 10.5 Å². The summed E-state index contributed by atoms with van der Waals surface area (Å²) < 4.78 is 5.25. The molecule has 2 atom stereocenters. The van der Waals surface area contributed by atoms with Gasteiger partial charge in [0.05, 0.1) is 13.0 Å². The predicted octanol–water partition coefficient (Wildman–Crippen LogP) is 2.09. The summed E-state index contributed by atoms with van der Waals surface area (Å²) in [5.74, 6) is 1.04. The van der Waals surface area contributed by atoms with Crippen LogP contribution in [0.15, 0.2) is 18.2 Å². The molecule has 20 heavy (non-hydrogen) atoms. The largest absolute Gasteiger partial charge is 0.496 e. The standard InChI is InChI=1S/C16H24N2O2/c1-11-9-12(7-8-15(11)20-3)10-18(2)16(19)13-5-4-6-14(13)17/h7-9,13-14H,4-6,10,17H2,1-3H3/t13-,14+/m0/s1. The van der Waals surface area contributed by atoms with E-state index in [2.05, 4.69) is 6.07 Å². The lowest BCUT2D eigenvalue weighted by atomic mass is 10.0. The molecule has 1 aromatic carbocycles. The number of aryl methyl sites for hydroxylation is 1. The third-order valence-corrected chi connectivity index (χ3v) is 4.14. The minimum atomic E-state index is -0.000606. The second-order valence-corrected chi connectivity index (χ2v) is 5.70. The third kappa shape index (κ3) is 3.12. The van der Waals surface area contributed by atoms with Crippen molar-refractivity contribution in [2.45, 2.75) is 38.8 Å². The number of methoxy groups -OCH3 is 1. The van der Waals surface area contributed by atoms with Crippen LogP contribution in [0.3, 0.4) is 0 Å². The molecule has 0 unspecified atom stereocenters. The van der Waals surface area contributed by atoms with Gasteiger partial charge in [-0.2, -0.15) is 0 Å². The molecule has 1 aliphatic rings. The molecule has 0 radical (unpaired) electrons. The Morgan fingerprint density at radius 2 is 2.20 bits per heavy atom. The lowest BCUT2D eigenvalue weighted by molar-refractivity contribution is -0.134. The maximum atomic E-state index is 12.4. The molecule has 0 spiro atoms. The van der Waals surface area contributed by atoms with Gasteiger partial charge in [-0.1, -0.05) is 18.6 Å². The van der Waals surface area contributed by atoms with Crippen LogP contribution in [0.5, 0.6) is 5.75 Å². The first-order valence-electron chi connectivity index (χ1n) is 7.17. The Balaban J connectivity index is 2.02. The van der Waals surface area contributed by atoms with Crippen molar-refractivity contribution in [1.82, 2.24) is 4.90 Å². The van der Waals surface area contributed by atoms with Gasteiger partial charge in [0, 0.05) is 19.6 Å². The summed E-state index contributed by atoms with van der Waals surface area (Å²) in [7, 11) is 3.52. The van der Waals surface area contributed by atoms with Crippen molar-refractivity contribution < 1.29 is 9.53 Å². The van der Waals surface area contributed by atoms with Crippen LogP contribution in [-0.4, -0.2) is 31.0 Å². The van der Waals surface area contributed by atoms with Gasteiger partial charge in [0.2, 0.25) is 5.91 Å². The average molecular weight is 276 g/mol. The van der Waals surface area contributed by atoms with Crippen molar-refractivity contribution in [3.05, 3.63) is 29.3 Å². The highest BCUT2D eigenvalue weighted by Crippen LogP contribution is 2.26. The number of ether oxygens (including phenoxy) is 1. The molecule has 2 N–H and O–H groups in total. The molecular weight excluding hydrogens is 252 g/mol. The number of hydrogen-bond acceptors (Lipinski definition) is 3. The molecule has 0 aromatic heterocycles. The van der Waals surface area contributed by atoms with Crippen molar-refractivity contribution in [3.63, 3.8) is 0 Å². The monoisotopic (exact) mass is 276 g/mol. The maximum absolute atomic E-state index is 12.4. The van der Waals surface area contributed by atoms with Crippen LogP contribution in [0.4, 0.5) is 0 Å². The average Bonchev–Trinajstić information content (AvgIpc) is 2.84. The lowest BCUT2D eigenvalue weighted by Gasteiger charge is -2.23. The zero-order valence-corrected chi connectivity index (χ0v) is 12.6. The number of benzene rings is 1. The summed E-state index contributed by atoms with van der Waals surface area (Å²) in [4.78, 5) is 14.2. The van der Waals surface area contributed by atoms with Gasteiger partial charge in [-0.05, 0) is 37.0 Å². The Bertz CT molecular complexity index is 487. The van der Waals surface area contributed by atoms with E-state index in [9.17, 15) is 4.79 Å². The van der Waals surface area contributed by atoms with Gasteiger partial charge >= 0.3 is 0 Å². The van der Waals surface area contributed by atoms with Gasteiger partial charge in [-0.15, -0.1) is 0 Å². The summed E-state index contributed by atoms with van der Waals surface area (Å²) in [6, 6.07) is 6.05. The fourth-order valence-corrected chi connectivity index (χ4v) is 2.97. The van der Waals surface area contributed by atoms with Crippen molar-refractivity contribution in [2.24, 2.45) is 11.7 Å². The van der Waals surface area contributed by atoms with Crippen LogP contribution >= 0.6 is 0 Å². The molecule has 4 nitrogen and oxygen atoms in total. The van der Waals surface area contributed by atoms with Crippen LogP contribution in [0.1, 0.15) is 30.4 Å². The third-order valence-electron chi connectivity index (χ3n) is 4.14. The van der Waals surface area contributed by atoms with E-state index in [-0.39, 0.29) is 17.9 Å². The molecule has 0 aliphatic heterocycles. The summed E-state index contributed by atoms with van der Waals surface area (Å²) in [5, 5.41) is 0. The van der Waals surface area contributed by atoms with E-state index >= 15 is 0 Å². The second kappa shape index (κ2) is 6.27. The molecule has 1 fully saturated rings. The minimum absolute atomic E-state index is 0.000606. The zero-order chi connectivity index (χ0) is 14.7. The highest BCUT2D eigenvalue weighted by atomic mass is 16.5. The number of nitrogens with zero attached hydrogens (tertiary/aromatic N) is 1. The van der Waals surface area contributed by atoms with Gasteiger partial charge in [0.25, 0.3) is 0 Å². The van der Waals surface area contributed by atoms with E-state index < -0.39 is 0 Å². The fraction of sp³-hybridized carbons (Fsp3) is 0.562. The number of carbonyl (C=O) groups is 1. The van der Waals surface area contributed by atoms with Crippen molar-refractivity contribution >= 4 is 5.91 Å². The van der Waals surface area contributed by atoms with Gasteiger partial charge < -0.3 is 15.4 Å². The van der Waals surface area contributed by atoms with E-state index in [1.807, 2.05) is 26.1 Å². The van der Waals surface area contributed by atoms with Crippen molar-refractivity contribution in [3.8, 4) is 5.75 Å². The first kappa shape index (κ1) is 14.9. The molecule has 0 bridgehead atoms. The highest BCUT2D eigenvalue weighted by molar-refractivity contribution is 5.79. The van der Waals surface area contributed by atoms with E-state index in [1.54, 1.807) is 12.0 Å². The van der Waals surface area contributed by atoms with Gasteiger partial charge in [-0.3, -0.25) is 4.79 Å². The minimum Gasteiger partial charge on any atom is -0.496 e. The first-order valence-corrected chi connectivity index (χ1v) is 7.17. The Labute approximate surface area is 120 Å². The predicted molar refractivity (Wildman–Crippen MR) is 79.5 cm³/mol. The second-order valence-electron chi connectivity index (χ2n) is 5.70. The first-order chi connectivity index (χ1) is 9.52. The SMILES string of the molecule is COc1ccc(CN(C)C(=O)[C@H]2CCC[C@H]2N)cc1C. The van der Waals surface area contributed by atoms with Gasteiger partial charge in [0.15, 0.2) is 0 Å². The summed E-state index contributed by atoms with van der Waals surface area (Å²) >= 11 is 0. The summed E-state index contributed by atoms with van der Waals surface area (Å²) in [5.41, 5.74) is 8.21. The van der Waals surface area contributed by atoms with Gasteiger partial charge in [0.1, 0.15) is 5.75 Å². The topological polar surface area (TPSA) is 55.6 Å². The van der Waals surface area contributed by atoms with E-state index in [1.165, 1.54) is 0 Å². The number of rotatable bonds is 4. The van der Waals surface area contributed by atoms with Crippen molar-refractivity contribution in [1.29, 1.82) is 0 Å². The molecule has 1 aliphatic carbocycles. The molecular formula is C16H24N2O2. The summed E-state index contributed by atoms with van der Waals surface area (Å²) in [6.45, 7) is 2.63. The molecule has 0 saturated heterocycles. The smallest absolute Gasteiger partial charge is 0.227 e. The van der Waals surface area contributed by atoms with E-state index in [0.717, 1.165) is 36.1 Å². The van der Waals surface area contributed by atoms with Crippen LogP contribution in [0.2, 0.25) is 0 Å². The molecule has 4 heteroatoms. The van der Waals surface area contributed by atoms with Crippen LogP contribution in [-0.2, 0) is 11.3 Å². The zero-order valence-electron chi connectivity index (χ0n) is 12.6. The summed E-state index contributed by atoms with van der Waals surface area (Å²) in [6.07, 6.45) is 2.95. The fourth-order valence-electron chi connectivity index (χ4n) is 2.97. The van der Waals surface area contributed by atoms with Crippen LogP contribution in [0.25, 0.3) is 0 Å². The lowest BCUT2D eigenvalue weighted by Crippen LogP contribution is -2.39. The number of hydrogen-bond donors (Lipinski definition) is 1. The molecule has 110 valence electrons. The number of carbonyl (C=O) groups excluding carboxylic acids is 1. The van der Waals surface area contributed by atoms with Gasteiger partial charge in [-0.25, -0.2) is 0 Å². The Morgan fingerprint density at radius 3 is 2.75 bits per heavy atom. The molecule has 1 aromatic rings. The Morgan fingerprint density at radius 1 is 1.45 bits per heavy atom. The normalized spacial score (nSPS) is 21.8. The highest BCUT2D eigenvalue weighted by Gasteiger charge is 2.32. The van der Waals surface area contributed by atoms with E-state index in [4.69, 9.17) is 10.5 Å². The van der Waals surface area contributed by atoms with E-state index in [0.29, 0.717) is 6.54 Å². The maximum Gasteiger partial charge on any atom is 0.227 e. The molecule has 1 amide bonds. The molecule has 1 saturated carbocycles. The Kier molecular flexibility index (Phi) is 4.65. The molecule has 2 rings (SSSR count). The Hall–Kier alpha value is -1.55.